The maximum Gasteiger partial charge on any atom is 0.394 e. The van der Waals surface area contributed by atoms with Crippen LogP contribution in [-0.4, -0.2) is 22.9 Å². The second kappa shape index (κ2) is 5.53. The number of hydrogen-bond acceptors (Lipinski definition) is 4. The van der Waals surface area contributed by atoms with Crippen LogP contribution >= 0.6 is 11.8 Å². The molecule has 3 N–H and O–H groups in total. The second-order valence-corrected chi connectivity index (χ2v) is 5.24. The van der Waals surface area contributed by atoms with Gasteiger partial charge in [0.1, 0.15) is 0 Å². The number of thioether (sulfide) groups is 1. The van der Waals surface area contributed by atoms with Gasteiger partial charge in [0.25, 0.3) is 0 Å². The predicted molar refractivity (Wildman–Crippen MR) is 64.2 cm³/mol. The molecule has 1 aromatic rings. The zero-order valence-electron chi connectivity index (χ0n) is 8.62. The summed E-state index contributed by atoms with van der Waals surface area (Å²) < 4.78 is 31.6. The first-order chi connectivity index (χ1) is 7.40. The Hall–Kier alpha value is -0.760. The molecule has 0 amide bonds. The highest BCUT2D eigenvalue weighted by Crippen LogP contribution is 2.38. The number of benzene rings is 1. The zero-order valence-corrected chi connectivity index (χ0v) is 10.3. The lowest BCUT2D eigenvalue weighted by atomic mass is 10.3. The molecule has 5 nitrogen and oxygen atoms in total. The Morgan fingerprint density at radius 2 is 1.94 bits per heavy atom. The molecule has 1 aromatic carbocycles. The van der Waals surface area contributed by atoms with Crippen molar-refractivity contribution in [3.05, 3.63) is 24.3 Å². The van der Waals surface area contributed by atoms with Crippen LogP contribution in [0, 0.1) is 0 Å². The Morgan fingerprint density at radius 3 is 2.44 bits per heavy atom. The van der Waals surface area contributed by atoms with Gasteiger partial charge in [0.2, 0.25) is 0 Å². The summed E-state index contributed by atoms with van der Waals surface area (Å²) in [5, 5.41) is 4.04. The van der Waals surface area contributed by atoms with Crippen molar-refractivity contribution in [2.24, 2.45) is 0 Å². The van der Waals surface area contributed by atoms with E-state index >= 15 is 0 Å². The second-order valence-electron chi connectivity index (χ2n) is 3.10. The third kappa shape index (κ3) is 4.84. The summed E-state index contributed by atoms with van der Waals surface area (Å²) in [6, 6.07) is 8.47. The molecule has 0 bridgehead atoms. The molecule has 1 atom stereocenters. The van der Waals surface area contributed by atoms with Crippen molar-refractivity contribution < 1.29 is 17.5 Å². The van der Waals surface area contributed by atoms with Crippen molar-refractivity contribution in [2.75, 3.05) is 5.32 Å². The lowest BCUT2D eigenvalue weighted by Crippen LogP contribution is -2.06. The van der Waals surface area contributed by atoms with Crippen molar-refractivity contribution in [1.82, 2.24) is 0 Å². The van der Waals surface area contributed by atoms with E-state index in [2.05, 4.69) is 36.5 Å². The fourth-order valence-corrected chi connectivity index (χ4v) is 2.30. The standard InChI is InChI=1S/C9H11NS.H2O4S/c1-2-9-10-7-5-3-4-6-8(7)11-9;1-5(2,3)4/h3-6,9-10H,2H2,1H3;(H2,1,2,3,4). The fraction of sp³-hybridized carbons (Fsp3) is 0.333. The summed E-state index contributed by atoms with van der Waals surface area (Å²) in [4.78, 5) is 1.39. The van der Waals surface area contributed by atoms with Gasteiger partial charge in [-0.2, -0.15) is 8.42 Å². The van der Waals surface area contributed by atoms with Gasteiger partial charge in [0.05, 0.1) is 5.37 Å². The first-order valence-electron chi connectivity index (χ1n) is 4.62. The summed E-state index contributed by atoms with van der Waals surface area (Å²) in [5.41, 5.74) is 1.30. The van der Waals surface area contributed by atoms with Gasteiger partial charge in [-0.15, -0.1) is 0 Å². The molecule has 1 aliphatic heterocycles. The smallest absolute Gasteiger partial charge is 0.372 e. The van der Waals surface area contributed by atoms with Crippen LogP contribution < -0.4 is 5.32 Å². The van der Waals surface area contributed by atoms with Crippen molar-refractivity contribution in [3.8, 4) is 0 Å². The summed E-state index contributed by atoms with van der Waals surface area (Å²) in [6.45, 7) is 2.20. The van der Waals surface area contributed by atoms with E-state index in [0.717, 1.165) is 0 Å². The molecule has 1 aliphatic rings. The molecule has 16 heavy (non-hydrogen) atoms. The molecule has 0 aromatic heterocycles. The number of para-hydroxylation sites is 1. The van der Waals surface area contributed by atoms with Crippen LogP contribution in [0.2, 0.25) is 0 Å². The minimum atomic E-state index is -4.67. The minimum Gasteiger partial charge on any atom is -0.372 e. The van der Waals surface area contributed by atoms with E-state index in [1.807, 2.05) is 11.8 Å². The summed E-state index contributed by atoms with van der Waals surface area (Å²) in [7, 11) is -4.67. The van der Waals surface area contributed by atoms with Crippen LogP contribution in [0.5, 0.6) is 0 Å². The molecule has 1 unspecified atom stereocenters. The third-order valence-corrected chi connectivity index (χ3v) is 3.19. The van der Waals surface area contributed by atoms with E-state index in [0.29, 0.717) is 5.37 Å². The maximum absolute atomic E-state index is 8.74. The Balaban J connectivity index is 0.000000221. The maximum atomic E-state index is 8.74. The molecule has 0 spiro atoms. The molecule has 0 aliphatic carbocycles. The third-order valence-electron chi connectivity index (χ3n) is 1.84. The molecular formula is C9H13NO4S2. The number of nitrogens with one attached hydrogen (secondary N) is 1. The molecule has 0 radical (unpaired) electrons. The largest absolute Gasteiger partial charge is 0.394 e. The van der Waals surface area contributed by atoms with Gasteiger partial charge in [-0.05, 0) is 18.6 Å². The highest BCUT2D eigenvalue weighted by atomic mass is 32.3. The molecule has 0 saturated carbocycles. The van der Waals surface area contributed by atoms with E-state index in [-0.39, 0.29) is 0 Å². The van der Waals surface area contributed by atoms with Gasteiger partial charge in [0.15, 0.2) is 0 Å². The number of anilines is 1. The molecule has 2 rings (SSSR count). The van der Waals surface area contributed by atoms with Gasteiger partial charge < -0.3 is 5.32 Å². The lowest BCUT2D eigenvalue weighted by Gasteiger charge is -2.04. The quantitative estimate of drug-likeness (QED) is 0.674. The molecule has 0 fully saturated rings. The summed E-state index contributed by atoms with van der Waals surface area (Å²) in [5.74, 6) is 0. The predicted octanol–water partition coefficient (Wildman–Crippen LogP) is 2.29. The van der Waals surface area contributed by atoms with Crippen LogP contribution in [-0.2, 0) is 10.4 Å². The zero-order chi connectivity index (χ0) is 12.2. The van der Waals surface area contributed by atoms with Crippen LogP contribution in [0.4, 0.5) is 5.69 Å². The van der Waals surface area contributed by atoms with Crippen molar-refractivity contribution in [1.29, 1.82) is 0 Å². The number of fused-ring (bicyclic) bond motifs is 1. The van der Waals surface area contributed by atoms with E-state index in [4.69, 9.17) is 17.5 Å². The fourth-order valence-electron chi connectivity index (χ4n) is 1.23. The molecule has 7 heteroatoms. The van der Waals surface area contributed by atoms with E-state index < -0.39 is 10.4 Å². The van der Waals surface area contributed by atoms with E-state index in [1.165, 1.54) is 17.0 Å². The average molecular weight is 263 g/mol. The van der Waals surface area contributed by atoms with E-state index in [9.17, 15) is 0 Å². The summed E-state index contributed by atoms with van der Waals surface area (Å²) >= 11 is 1.93. The lowest BCUT2D eigenvalue weighted by molar-refractivity contribution is 0.381. The Kier molecular flexibility index (Phi) is 4.60. The SMILES string of the molecule is CCC1Nc2ccccc2S1.O=S(=O)(O)O. The average Bonchev–Trinajstić information content (AvgIpc) is 2.57. The summed E-state index contributed by atoms with van der Waals surface area (Å²) in [6.07, 6.45) is 1.18. The molecular weight excluding hydrogens is 250 g/mol. The van der Waals surface area contributed by atoms with Gasteiger partial charge in [-0.1, -0.05) is 30.8 Å². The highest BCUT2D eigenvalue weighted by Gasteiger charge is 2.17. The van der Waals surface area contributed by atoms with Crippen LogP contribution in [0.3, 0.4) is 0 Å². The van der Waals surface area contributed by atoms with Gasteiger partial charge in [0, 0.05) is 10.6 Å². The topological polar surface area (TPSA) is 86.6 Å². The van der Waals surface area contributed by atoms with Gasteiger partial charge in [-0.25, -0.2) is 0 Å². The molecule has 0 saturated heterocycles. The molecule has 1 heterocycles. The number of rotatable bonds is 1. The Bertz CT molecular complexity index is 414. The Morgan fingerprint density at radius 1 is 1.38 bits per heavy atom. The monoisotopic (exact) mass is 263 g/mol. The first kappa shape index (κ1) is 13.3. The van der Waals surface area contributed by atoms with Gasteiger partial charge in [-0.3, -0.25) is 9.11 Å². The van der Waals surface area contributed by atoms with E-state index in [1.54, 1.807) is 0 Å². The van der Waals surface area contributed by atoms with Crippen molar-refractivity contribution in [2.45, 2.75) is 23.6 Å². The van der Waals surface area contributed by atoms with Crippen molar-refractivity contribution in [3.63, 3.8) is 0 Å². The first-order valence-corrected chi connectivity index (χ1v) is 6.90. The number of hydrogen-bond donors (Lipinski definition) is 3. The van der Waals surface area contributed by atoms with Crippen LogP contribution in [0.15, 0.2) is 29.2 Å². The molecule has 90 valence electrons. The van der Waals surface area contributed by atoms with Crippen molar-refractivity contribution >= 4 is 27.8 Å². The van der Waals surface area contributed by atoms with Crippen LogP contribution in [0.1, 0.15) is 13.3 Å². The Labute approximate surface area is 98.8 Å². The normalized spacial score (nSPS) is 18.1. The minimum absolute atomic E-state index is 0.590. The van der Waals surface area contributed by atoms with Crippen LogP contribution in [0.25, 0.3) is 0 Å². The van der Waals surface area contributed by atoms with Gasteiger partial charge >= 0.3 is 10.4 Å². The highest BCUT2D eigenvalue weighted by molar-refractivity contribution is 8.00.